The Hall–Kier alpha value is -2.77. The van der Waals surface area contributed by atoms with Gasteiger partial charge in [-0.2, -0.15) is 4.31 Å². The lowest BCUT2D eigenvalue weighted by molar-refractivity contribution is 0.461. The van der Waals surface area contributed by atoms with Crippen molar-refractivity contribution in [3.63, 3.8) is 0 Å². The molecule has 0 radical (unpaired) electrons. The van der Waals surface area contributed by atoms with Crippen LogP contribution in [0.25, 0.3) is 11.1 Å². The van der Waals surface area contributed by atoms with Crippen LogP contribution in [-0.4, -0.2) is 29.7 Å². The Morgan fingerprint density at radius 3 is 2.44 bits per heavy atom. The number of nitrogens with zero attached hydrogens (tertiary/aromatic N) is 3. The highest BCUT2D eigenvalue weighted by atomic mass is 32.2. The summed E-state index contributed by atoms with van der Waals surface area (Å²) in [5.41, 5.74) is 10.00. The van der Waals surface area contributed by atoms with Crippen LogP contribution in [0.15, 0.2) is 59.8 Å². The summed E-state index contributed by atoms with van der Waals surface area (Å²) in [5.74, 6) is 0.446. The van der Waals surface area contributed by atoms with Crippen LogP contribution in [0.3, 0.4) is 0 Å². The Morgan fingerprint density at radius 1 is 1.04 bits per heavy atom. The lowest BCUT2D eigenvalue weighted by atomic mass is 10.0. The van der Waals surface area contributed by atoms with Gasteiger partial charge < -0.3 is 5.73 Å². The summed E-state index contributed by atoms with van der Waals surface area (Å²) < 4.78 is 27.2. The van der Waals surface area contributed by atoms with Gasteiger partial charge in [-0.15, -0.1) is 0 Å². The minimum atomic E-state index is -3.62. The van der Waals surface area contributed by atoms with E-state index in [1.165, 1.54) is 4.31 Å². The molecule has 6 nitrogen and oxygen atoms in total. The van der Waals surface area contributed by atoms with Gasteiger partial charge >= 0.3 is 0 Å². The number of sulfonamides is 1. The molecule has 0 aliphatic rings. The molecule has 0 saturated heterocycles. The lowest BCUT2D eigenvalue weighted by Gasteiger charge is -2.18. The van der Waals surface area contributed by atoms with Crippen molar-refractivity contribution >= 4 is 15.8 Å². The SMILES string of the molecule is Cc1cc(S(=O)(=O)N(C)Cc2ncccc2C)ccc1-c1ccc(N)nc1. The third kappa shape index (κ3) is 3.99. The van der Waals surface area contributed by atoms with Crippen LogP contribution >= 0.6 is 0 Å². The number of benzene rings is 1. The molecular weight excluding hydrogens is 360 g/mol. The van der Waals surface area contributed by atoms with Gasteiger partial charge in [0.05, 0.1) is 17.1 Å². The van der Waals surface area contributed by atoms with Gasteiger partial charge in [0.2, 0.25) is 10.0 Å². The van der Waals surface area contributed by atoms with E-state index in [1.54, 1.807) is 43.7 Å². The fourth-order valence-corrected chi connectivity index (χ4v) is 4.06. The average molecular weight is 382 g/mol. The number of anilines is 1. The van der Waals surface area contributed by atoms with Crippen molar-refractivity contribution in [3.05, 3.63) is 71.7 Å². The summed E-state index contributed by atoms with van der Waals surface area (Å²) in [6.45, 7) is 4.02. The van der Waals surface area contributed by atoms with Crippen LogP contribution in [-0.2, 0) is 16.6 Å². The van der Waals surface area contributed by atoms with Crippen LogP contribution < -0.4 is 5.73 Å². The molecule has 0 fully saturated rings. The van der Waals surface area contributed by atoms with Crippen LogP contribution in [0.1, 0.15) is 16.8 Å². The van der Waals surface area contributed by atoms with Crippen molar-refractivity contribution in [1.82, 2.24) is 14.3 Å². The molecule has 2 N–H and O–H groups in total. The minimum Gasteiger partial charge on any atom is -0.384 e. The van der Waals surface area contributed by atoms with E-state index < -0.39 is 10.0 Å². The van der Waals surface area contributed by atoms with E-state index in [4.69, 9.17) is 5.73 Å². The number of aromatic nitrogens is 2. The van der Waals surface area contributed by atoms with Crippen molar-refractivity contribution in [2.24, 2.45) is 0 Å². The number of rotatable bonds is 5. The first kappa shape index (κ1) is 19.0. The summed E-state index contributed by atoms with van der Waals surface area (Å²) in [7, 11) is -2.06. The van der Waals surface area contributed by atoms with Crippen molar-refractivity contribution in [2.45, 2.75) is 25.3 Å². The van der Waals surface area contributed by atoms with Crippen molar-refractivity contribution < 1.29 is 8.42 Å². The summed E-state index contributed by atoms with van der Waals surface area (Å²) in [5, 5.41) is 0. The zero-order chi connectivity index (χ0) is 19.6. The molecule has 2 heterocycles. The second kappa shape index (κ2) is 7.46. The van der Waals surface area contributed by atoms with E-state index in [2.05, 4.69) is 9.97 Å². The molecule has 7 heteroatoms. The molecule has 0 aliphatic carbocycles. The van der Waals surface area contributed by atoms with Gasteiger partial charge in [0.25, 0.3) is 0 Å². The summed E-state index contributed by atoms with van der Waals surface area (Å²) in [6, 6.07) is 12.5. The number of aryl methyl sites for hydroxylation is 2. The van der Waals surface area contributed by atoms with E-state index in [1.807, 2.05) is 32.0 Å². The third-order valence-corrected chi connectivity index (χ3v) is 6.29. The average Bonchev–Trinajstić information content (AvgIpc) is 2.64. The predicted molar refractivity (Wildman–Crippen MR) is 106 cm³/mol. The smallest absolute Gasteiger partial charge is 0.243 e. The zero-order valence-electron chi connectivity index (χ0n) is 15.5. The largest absolute Gasteiger partial charge is 0.384 e. The highest BCUT2D eigenvalue weighted by Gasteiger charge is 2.22. The first-order chi connectivity index (χ1) is 12.8. The van der Waals surface area contributed by atoms with E-state index in [0.29, 0.717) is 5.82 Å². The maximum absolute atomic E-state index is 13.0. The van der Waals surface area contributed by atoms with Crippen molar-refractivity contribution in [2.75, 3.05) is 12.8 Å². The molecule has 0 aliphatic heterocycles. The second-order valence-electron chi connectivity index (χ2n) is 6.48. The van der Waals surface area contributed by atoms with Gasteiger partial charge in [0, 0.05) is 25.0 Å². The molecule has 3 aromatic rings. The lowest BCUT2D eigenvalue weighted by Crippen LogP contribution is -2.27. The first-order valence-electron chi connectivity index (χ1n) is 8.48. The predicted octanol–water partition coefficient (Wildman–Crippen LogP) is 3.16. The molecule has 0 saturated carbocycles. The highest BCUT2D eigenvalue weighted by Crippen LogP contribution is 2.27. The quantitative estimate of drug-likeness (QED) is 0.732. The van der Waals surface area contributed by atoms with Crippen LogP contribution in [0.2, 0.25) is 0 Å². The van der Waals surface area contributed by atoms with Gasteiger partial charge in [-0.05, 0) is 60.9 Å². The van der Waals surface area contributed by atoms with Crippen LogP contribution in [0.5, 0.6) is 0 Å². The summed E-state index contributed by atoms with van der Waals surface area (Å²) in [4.78, 5) is 8.63. The normalized spacial score (nSPS) is 11.7. The van der Waals surface area contributed by atoms with Crippen LogP contribution in [0, 0.1) is 13.8 Å². The molecule has 0 atom stereocenters. The molecule has 1 aromatic carbocycles. The molecule has 2 aromatic heterocycles. The van der Waals surface area contributed by atoms with Crippen molar-refractivity contribution in [3.8, 4) is 11.1 Å². The van der Waals surface area contributed by atoms with E-state index >= 15 is 0 Å². The summed E-state index contributed by atoms with van der Waals surface area (Å²) >= 11 is 0. The number of pyridine rings is 2. The van der Waals surface area contributed by atoms with Gasteiger partial charge in [-0.1, -0.05) is 12.1 Å². The van der Waals surface area contributed by atoms with E-state index in [0.717, 1.165) is 27.9 Å². The molecule has 140 valence electrons. The Kier molecular flexibility index (Phi) is 5.25. The Labute approximate surface area is 159 Å². The number of nitrogen functional groups attached to an aromatic ring is 1. The minimum absolute atomic E-state index is 0.220. The van der Waals surface area contributed by atoms with Gasteiger partial charge in [0.15, 0.2) is 0 Å². The van der Waals surface area contributed by atoms with E-state index in [9.17, 15) is 8.42 Å². The fraction of sp³-hybridized carbons (Fsp3) is 0.200. The number of hydrogen-bond acceptors (Lipinski definition) is 5. The molecule has 0 bridgehead atoms. The maximum Gasteiger partial charge on any atom is 0.243 e. The zero-order valence-corrected chi connectivity index (χ0v) is 16.4. The number of hydrogen-bond donors (Lipinski definition) is 1. The molecule has 27 heavy (non-hydrogen) atoms. The molecule has 3 rings (SSSR count). The third-order valence-electron chi connectivity index (χ3n) is 4.49. The second-order valence-corrected chi connectivity index (χ2v) is 8.52. The highest BCUT2D eigenvalue weighted by molar-refractivity contribution is 7.89. The van der Waals surface area contributed by atoms with Gasteiger partial charge in [-0.3, -0.25) is 4.98 Å². The molecule has 0 unspecified atom stereocenters. The Balaban J connectivity index is 1.89. The maximum atomic E-state index is 13.0. The molecule has 0 amide bonds. The first-order valence-corrected chi connectivity index (χ1v) is 9.92. The van der Waals surface area contributed by atoms with E-state index in [-0.39, 0.29) is 11.4 Å². The Bertz CT molecular complexity index is 1060. The standard InChI is InChI=1S/C20H22N4O2S/c1-14-5-4-10-22-19(14)13-24(3)27(25,26)17-7-8-18(15(2)11-17)16-6-9-20(21)23-12-16/h4-12H,13H2,1-3H3,(H2,21,23). The number of nitrogens with two attached hydrogens (primary N) is 1. The molecular formula is C20H22N4O2S. The van der Waals surface area contributed by atoms with Gasteiger partial charge in [-0.25, -0.2) is 13.4 Å². The Morgan fingerprint density at radius 2 is 1.81 bits per heavy atom. The monoisotopic (exact) mass is 382 g/mol. The topological polar surface area (TPSA) is 89.2 Å². The fourth-order valence-electron chi connectivity index (χ4n) is 2.84. The summed E-state index contributed by atoms with van der Waals surface area (Å²) in [6.07, 6.45) is 3.35. The van der Waals surface area contributed by atoms with Gasteiger partial charge in [0.1, 0.15) is 5.82 Å². The van der Waals surface area contributed by atoms with Crippen LogP contribution in [0.4, 0.5) is 5.82 Å². The van der Waals surface area contributed by atoms with Crippen molar-refractivity contribution in [1.29, 1.82) is 0 Å². The molecule has 0 spiro atoms.